The minimum absolute atomic E-state index is 0.0554. The number of amides is 1. The third-order valence-electron chi connectivity index (χ3n) is 8.31. The summed E-state index contributed by atoms with van der Waals surface area (Å²) in [5.41, 5.74) is -4.40. The fraction of sp³-hybridized carbons (Fsp3) is 0.229. The quantitative estimate of drug-likeness (QED) is 0.136. The van der Waals surface area contributed by atoms with E-state index in [1.165, 1.54) is 74.6 Å². The molecule has 0 spiro atoms. The first-order valence-corrected chi connectivity index (χ1v) is 15.0. The van der Waals surface area contributed by atoms with Crippen molar-refractivity contribution in [1.29, 1.82) is 0 Å². The second kappa shape index (κ2) is 13.4. The lowest BCUT2D eigenvalue weighted by molar-refractivity contribution is -0.143. The van der Waals surface area contributed by atoms with Crippen LogP contribution >= 0.6 is 0 Å². The third kappa shape index (κ3) is 6.84. The van der Waals surface area contributed by atoms with Crippen LogP contribution in [0.15, 0.2) is 77.6 Å². The molecule has 0 bridgehead atoms. The number of aliphatic carboxylic acids is 1. The highest BCUT2D eigenvalue weighted by Gasteiger charge is 2.39. The molecule has 4 aromatic carbocycles. The van der Waals surface area contributed by atoms with Crippen LogP contribution in [-0.4, -0.2) is 39.8 Å². The molecule has 1 amide bonds. The largest absolute Gasteiger partial charge is 0.480 e. The smallest absolute Gasteiger partial charge is 0.417 e. The van der Waals surface area contributed by atoms with E-state index in [1.807, 2.05) is 10.6 Å². The molecular weight excluding hydrogens is 678 g/mol. The molecule has 0 fully saturated rings. The molecular formula is C35H27F8N3O4. The summed E-state index contributed by atoms with van der Waals surface area (Å²) in [6, 6.07) is 11.0. The number of rotatable bonds is 9. The number of carboxylic acids is 1. The maximum absolute atomic E-state index is 14.9. The number of alkyl halides is 6. The van der Waals surface area contributed by atoms with Crippen LogP contribution in [0.1, 0.15) is 34.8 Å². The molecule has 0 aliphatic heterocycles. The van der Waals surface area contributed by atoms with E-state index in [9.17, 15) is 54.6 Å². The lowest BCUT2D eigenvalue weighted by atomic mass is 9.90. The van der Waals surface area contributed by atoms with Crippen molar-refractivity contribution in [2.24, 2.45) is 7.05 Å². The molecule has 7 nitrogen and oxygen atoms in total. The summed E-state index contributed by atoms with van der Waals surface area (Å²) in [7, 11) is 1.34. The van der Waals surface area contributed by atoms with Crippen LogP contribution in [-0.2, 0) is 24.4 Å². The molecule has 0 aliphatic carbocycles. The molecule has 5 aromatic rings. The molecule has 262 valence electrons. The van der Waals surface area contributed by atoms with Crippen molar-refractivity contribution in [1.82, 2.24) is 9.88 Å². The third-order valence-corrected chi connectivity index (χ3v) is 8.31. The van der Waals surface area contributed by atoms with Crippen molar-refractivity contribution < 1.29 is 49.8 Å². The van der Waals surface area contributed by atoms with Crippen LogP contribution in [0.25, 0.3) is 32.8 Å². The van der Waals surface area contributed by atoms with Crippen LogP contribution in [0, 0.1) is 11.6 Å². The Kier molecular flexibility index (Phi) is 9.63. The average Bonchev–Trinajstić information content (AvgIpc) is 3.03. The van der Waals surface area contributed by atoms with Gasteiger partial charge in [-0.3, -0.25) is 9.59 Å². The molecule has 0 saturated carbocycles. The van der Waals surface area contributed by atoms with Crippen molar-refractivity contribution in [3.05, 3.63) is 111 Å². The Morgan fingerprint density at radius 3 is 2.06 bits per heavy atom. The number of carboxylic acid groups (broad SMARTS) is 1. The number of anilines is 1. The number of aryl methyl sites for hydroxylation is 1. The number of fused-ring (bicyclic) bond motifs is 2. The number of halogens is 8. The summed E-state index contributed by atoms with van der Waals surface area (Å²) < 4.78 is 114. The fourth-order valence-electron chi connectivity index (χ4n) is 5.95. The molecule has 1 aromatic heterocycles. The van der Waals surface area contributed by atoms with Crippen molar-refractivity contribution >= 4 is 39.2 Å². The summed E-state index contributed by atoms with van der Waals surface area (Å²) in [5, 5.41) is 14.1. The monoisotopic (exact) mass is 705 g/mol. The summed E-state index contributed by atoms with van der Waals surface area (Å²) in [6.45, 7) is 1.20. The maximum Gasteiger partial charge on any atom is 0.417 e. The van der Waals surface area contributed by atoms with Gasteiger partial charge in [-0.05, 0) is 46.5 Å². The van der Waals surface area contributed by atoms with E-state index in [1.54, 1.807) is 0 Å². The van der Waals surface area contributed by atoms with Crippen LogP contribution in [0.2, 0.25) is 0 Å². The highest BCUT2D eigenvalue weighted by molar-refractivity contribution is 6.02. The molecule has 2 atom stereocenters. The highest BCUT2D eigenvalue weighted by atomic mass is 19.4. The van der Waals surface area contributed by atoms with Gasteiger partial charge in [-0.1, -0.05) is 61.5 Å². The van der Waals surface area contributed by atoms with Gasteiger partial charge in [0.2, 0.25) is 0 Å². The van der Waals surface area contributed by atoms with Crippen molar-refractivity contribution in [2.45, 2.75) is 44.2 Å². The maximum atomic E-state index is 14.9. The Morgan fingerprint density at radius 1 is 0.860 bits per heavy atom. The van der Waals surface area contributed by atoms with E-state index in [2.05, 4.69) is 0 Å². The normalized spacial score (nSPS) is 13.3. The Hall–Kier alpha value is -5.47. The molecule has 3 N–H and O–H groups in total. The number of carbonyl (C=O) groups is 2. The van der Waals surface area contributed by atoms with E-state index < -0.39 is 88.7 Å². The summed E-state index contributed by atoms with van der Waals surface area (Å²) >= 11 is 0. The van der Waals surface area contributed by atoms with Gasteiger partial charge in [0.1, 0.15) is 29.3 Å². The molecule has 1 heterocycles. The van der Waals surface area contributed by atoms with E-state index in [0.29, 0.717) is 12.1 Å². The van der Waals surface area contributed by atoms with Gasteiger partial charge in [0.15, 0.2) is 0 Å². The van der Waals surface area contributed by atoms with E-state index in [0.717, 1.165) is 4.57 Å². The molecule has 0 saturated heterocycles. The number of carbonyl (C=O) groups excluding carboxylic acids is 1. The zero-order chi connectivity index (χ0) is 36.7. The Morgan fingerprint density at radius 2 is 1.46 bits per heavy atom. The van der Waals surface area contributed by atoms with Gasteiger partial charge in [-0.15, -0.1) is 0 Å². The number of benzene rings is 4. The number of nitrogens with zero attached hydrogens (tertiary/aromatic N) is 1. The minimum atomic E-state index is -4.95. The van der Waals surface area contributed by atoms with Crippen molar-refractivity contribution in [3.8, 4) is 11.1 Å². The van der Waals surface area contributed by atoms with Crippen LogP contribution in [0.4, 0.5) is 40.8 Å². The molecule has 50 heavy (non-hydrogen) atoms. The molecule has 0 unspecified atom stereocenters. The van der Waals surface area contributed by atoms with Gasteiger partial charge < -0.3 is 20.3 Å². The van der Waals surface area contributed by atoms with Gasteiger partial charge in [0.05, 0.1) is 16.6 Å². The standard InChI is InChI=1S/C35H27F8N3O4/c1-3-27(34(38,39)40)44-18-15-23(36)29(24(37)16-18)31(47)45-25(33(49)50)14-17-8-6-11-20-19(17)10-7-12-21(20)28-30(35(41,42)43)22-9-4-5-13-26(22)46(2)32(28)48/h4-13,15-16,25,27,44H,3,14H2,1-2H3,(H,45,47)(H,49,50)/t25-,27+/m0/s1. The lowest BCUT2D eigenvalue weighted by Crippen LogP contribution is -2.43. The number of hydrogen-bond donors (Lipinski definition) is 3. The number of pyridine rings is 1. The second-order valence-electron chi connectivity index (χ2n) is 11.5. The van der Waals surface area contributed by atoms with Crippen LogP contribution < -0.4 is 16.2 Å². The number of nitrogens with one attached hydrogen (secondary N) is 2. The number of para-hydroxylation sites is 1. The van der Waals surface area contributed by atoms with Crippen molar-refractivity contribution in [2.75, 3.05) is 5.32 Å². The number of aromatic nitrogens is 1. The fourth-order valence-corrected chi connectivity index (χ4v) is 5.95. The van der Waals surface area contributed by atoms with Crippen LogP contribution in [0.3, 0.4) is 0 Å². The first-order valence-electron chi connectivity index (χ1n) is 15.0. The van der Waals surface area contributed by atoms with Crippen LogP contribution in [0.5, 0.6) is 0 Å². The Bertz CT molecular complexity index is 2170. The van der Waals surface area contributed by atoms with Gasteiger partial charge in [-0.2, -0.15) is 26.3 Å². The van der Waals surface area contributed by atoms with Gasteiger partial charge in [0, 0.05) is 24.5 Å². The van der Waals surface area contributed by atoms with E-state index >= 15 is 0 Å². The van der Waals surface area contributed by atoms with Crippen molar-refractivity contribution in [3.63, 3.8) is 0 Å². The highest BCUT2D eigenvalue weighted by Crippen LogP contribution is 2.42. The average molecular weight is 706 g/mol. The summed E-state index contributed by atoms with van der Waals surface area (Å²) in [4.78, 5) is 38.7. The van der Waals surface area contributed by atoms with Gasteiger partial charge >= 0.3 is 18.3 Å². The zero-order valence-corrected chi connectivity index (χ0v) is 26.1. The first kappa shape index (κ1) is 35.8. The Balaban J connectivity index is 1.53. The van der Waals surface area contributed by atoms with E-state index in [-0.39, 0.29) is 32.8 Å². The Labute approximate surface area is 278 Å². The second-order valence-corrected chi connectivity index (χ2v) is 11.5. The summed E-state index contributed by atoms with van der Waals surface area (Å²) in [6.07, 6.45) is -10.7. The zero-order valence-electron chi connectivity index (χ0n) is 26.1. The predicted octanol–water partition coefficient (Wildman–Crippen LogP) is 7.83. The van der Waals surface area contributed by atoms with E-state index in [4.69, 9.17) is 0 Å². The van der Waals surface area contributed by atoms with Gasteiger partial charge in [-0.25, -0.2) is 13.6 Å². The number of hydrogen-bond acceptors (Lipinski definition) is 4. The first-order chi connectivity index (χ1) is 23.4. The summed E-state index contributed by atoms with van der Waals surface area (Å²) in [5.74, 6) is -6.27. The lowest BCUT2D eigenvalue weighted by Gasteiger charge is -2.22. The molecule has 5 rings (SSSR count). The minimum Gasteiger partial charge on any atom is -0.480 e. The predicted molar refractivity (Wildman–Crippen MR) is 170 cm³/mol. The SMILES string of the molecule is CC[C@@H](Nc1cc(F)c(C(=O)N[C@@H](Cc2cccc3c(-c4c(C(F)(F)F)c5ccccc5n(C)c4=O)cccc23)C(=O)O)c(F)c1)C(F)(F)F. The van der Waals surface area contributed by atoms with Gasteiger partial charge in [0.25, 0.3) is 11.5 Å². The molecule has 0 aliphatic rings. The topological polar surface area (TPSA) is 100 Å². The molecule has 0 radical (unpaired) electrons. The molecule has 15 heteroatoms.